The van der Waals surface area contributed by atoms with E-state index in [1.807, 2.05) is 35.9 Å². The fourth-order valence-electron chi connectivity index (χ4n) is 1.39. The zero-order valence-corrected chi connectivity index (χ0v) is 8.23. The lowest BCUT2D eigenvalue weighted by atomic mass is 10.3. The topological polar surface area (TPSA) is 56.2 Å². The van der Waals surface area contributed by atoms with Crippen molar-refractivity contribution in [1.82, 2.24) is 9.55 Å². The highest BCUT2D eigenvalue weighted by Crippen LogP contribution is 2.19. The van der Waals surface area contributed by atoms with E-state index in [4.69, 9.17) is 5.73 Å². The maximum Gasteiger partial charge on any atom is 0.231 e. The van der Waals surface area contributed by atoms with Crippen LogP contribution >= 0.6 is 0 Å². The fraction of sp³-hybridized carbons (Fsp3) is 0.200. The van der Waals surface area contributed by atoms with Crippen molar-refractivity contribution in [2.45, 2.75) is 6.92 Å². The van der Waals surface area contributed by atoms with Crippen molar-refractivity contribution < 1.29 is 0 Å². The second-order valence-corrected chi connectivity index (χ2v) is 3.21. The van der Waals surface area contributed by atoms with Crippen molar-refractivity contribution in [2.75, 3.05) is 0 Å². The molecule has 0 fully saturated rings. The van der Waals surface area contributed by atoms with Crippen LogP contribution in [0.15, 0.2) is 29.3 Å². The van der Waals surface area contributed by atoms with Crippen LogP contribution in [0.1, 0.15) is 6.92 Å². The molecule has 0 saturated carbocycles. The molecule has 0 aliphatic carbocycles. The molecule has 0 bridgehead atoms. The third kappa shape index (κ3) is 1.35. The van der Waals surface area contributed by atoms with Crippen molar-refractivity contribution in [3.8, 4) is 0 Å². The molecule has 72 valence electrons. The van der Waals surface area contributed by atoms with Crippen LogP contribution in [0.4, 0.5) is 5.95 Å². The Morgan fingerprint density at radius 2 is 2.14 bits per heavy atom. The largest absolute Gasteiger partial charge is 0.387 e. The molecule has 0 atom stereocenters. The summed E-state index contributed by atoms with van der Waals surface area (Å²) in [5.74, 6) is 1.16. The first-order valence-electron chi connectivity index (χ1n) is 4.40. The predicted molar refractivity (Wildman–Crippen MR) is 57.7 cm³/mol. The van der Waals surface area contributed by atoms with Gasteiger partial charge in [0.25, 0.3) is 0 Å². The second kappa shape index (κ2) is 3.14. The van der Waals surface area contributed by atoms with Crippen molar-refractivity contribution >= 4 is 22.8 Å². The zero-order valence-electron chi connectivity index (χ0n) is 8.23. The van der Waals surface area contributed by atoms with Crippen LogP contribution in [0.25, 0.3) is 11.0 Å². The van der Waals surface area contributed by atoms with Crippen LogP contribution in [0.2, 0.25) is 0 Å². The predicted octanol–water partition coefficient (Wildman–Crippen LogP) is 1.58. The minimum Gasteiger partial charge on any atom is -0.387 e. The van der Waals surface area contributed by atoms with Gasteiger partial charge in [0.15, 0.2) is 0 Å². The molecule has 2 rings (SSSR count). The van der Waals surface area contributed by atoms with E-state index in [0.717, 1.165) is 11.0 Å². The Hall–Kier alpha value is -1.84. The van der Waals surface area contributed by atoms with Crippen LogP contribution < -0.4 is 5.73 Å². The molecular weight excluding hydrogens is 176 g/mol. The van der Waals surface area contributed by atoms with E-state index in [9.17, 15) is 0 Å². The van der Waals surface area contributed by atoms with Crippen LogP contribution in [0, 0.1) is 0 Å². The third-order valence-corrected chi connectivity index (χ3v) is 2.04. The first kappa shape index (κ1) is 8.74. The van der Waals surface area contributed by atoms with E-state index < -0.39 is 0 Å². The number of amidine groups is 1. The lowest BCUT2D eigenvalue weighted by molar-refractivity contribution is 0.942. The van der Waals surface area contributed by atoms with Gasteiger partial charge in [-0.3, -0.25) is 0 Å². The molecule has 0 amide bonds. The molecule has 0 aliphatic heterocycles. The molecule has 1 aromatic carbocycles. The van der Waals surface area contributed by atoms with Gasteiger partial charge >= 0.3 is 0 Å². The van der Waals surface area contributed by atoms with E-state index in [1.54, 1.807) is 6.92 Å². The van der Waals surface area contributed by atoms with Crippen LogP contribution in [-0.4, -0.2) is 15.4 Å². The van der Waals surface area contributed by atoms with Crippen molar-refractivity contribution in [2.24, 2.45) is 17.8 Å². The van der Waals surface area contributed by atoms with Crippen LogP contribution in [0.5, 0.6) is 0 Å². The van der Waals surface area contributed by atoms with E-state index in [1.165, 1.54) is 0 Å². The van der Waals surface area contributed by atoms with Gasteiger partial charge in [-0.05, 0) is 19.1 Å². The van der Waals surface area contributed by atoms with Gasteiger partial charge in [-0.15, -0.1) is 0 Å². The number of hydrogen-bond donors (Lipinski definition) is 1. The highest BCUT2D eigenvalue weighted by atomic mass is 15.2. The monoisotopic (exact) mass is 188 g/mol. The second-order valence-electron chi connectivity index (χ2n) is 3.21. The van der Waals surface area contributed by atoms with Gasteiger partial charge in [-0.1, -0.05) is 12.1 Å². The highest BCUT2D eigenvalue weighted by molar-refractivity contribution is 5.82. The van der Waals surface area contributed by atoms with E-state index in [0.29, 0.717) is 11.8 Å². The summed E-state index contributed by atoms with van der Waals surface area (Å²) >= 11 is 0. The van der Waals surface area contributed by atoms with Gasteiger partial charge in [-0.2, -0.15) is 0 Å². The molecule has 0 spiro atoms. The molecule has 4 nitrogen and oxygen atoms in total. The van der Waals surface area contributed by atoms with Crippen molar-refractivity contribution in [1.29, 1.82) is 0 Å². The number of fused-ring (bicyclic) bond motifs is 1. The van der Waals surface area contributed by atoms with Gasteiger partial charge in [0.05, 0.1) is 16.9 Å². The Balaban J connectivity index is 2.69. The summed E-state index contributed by atoms with van der Waals surface area (Å²) in [7, 11) is 1.93. The lowest BCUT2D eigenvalue weighted by Crippen LogP contribution is -2.04. The SMILES string of the molecule is C/C(N)=N/c1nc2ccccc2n1C. The zero-order chi connectivity index (χ0) is 10.1. The highest BCUT2D eigenvalue weighted by Gasteiger charge is 2.04. The Kier molecular flexibility index (Phi) is 1.96. The summed E-state index contributed by atoms with van der Waals surface area (Å²) in [5, 5.41) is 0. The Morgan fingerprint density at radius 1 is 1.43 bits per heavy atom. The Labute approximate surface area is 82.1 Å². The first-order chi connectivity index (χ1) is 6.68. The molecule has 0 radical (unpaired) electrons. The van der Waals surface area contributed by atoms with Gasteiger partial charge in [-0.25, -0.2) is 9.98 Å². The molecular formula is C10H12N4. The fourth-order valence-corrected chi connectivity index (χ4v) is 1.39. The molecule has 2 N–H and O–H groups in total. The van der Waals surface area contributed by atoms with Gasteiger partial charge in [0.1, 0.15) is 0 Å². The summed E-state index contributed by atoms with van der Waals surface area (Å²) in [6.07, 6.45) is 0. The average molecular weight is 188 g/mol. The smallest absolute Gasteiger partial charge is 0.231 e. The summed E-state index contributed by atoms with van der Waals surface area (Å²) in [6.45, 7) is 1.75. The molecule has 0 aliphatic rings. The number of rotatable bonds is 1. The minimum absolute atomic E-state index is 0.517. The third-order valence-electron chi connectivity index (χ3n) is 2.04. The van der Waals surface area contributed by atoms with Gasteiger partial charge < -0.3 is 10.3 Å². The maximum absolute atomic E-state index is 5.51. The summed E-state index contributed by atoms with van der Waals surface area (Å²) in [6, 6.07) is 7.90. The number of nitrogens with zero attached hydrogens (tertiary/aromatic N) is 3. The van der Waals surface area contributed by atoms with E-state index in [-0.39, 0.29) is 0 Å². The van der Waals surface area contributed by atoms with E-state index in [2.05, 4.69) is 9.98 Å². The van der Waals surface area contributed by atoms with Gasteiger partial charge in [0.2, 0.25) is 5.95 Å². The minimum atomic E-state index is 0.517. The molecule has 1 heterocycles. The van der Waals surface area contributed by atoms with Crippen molar-refractivity contribution in [3.05, 3.63) is 24.3 Å². The molecule has 0 saturated heterocycles. The standard InChI is InChI=1S/C10H12N4/c1-7(11)12-10-13-8-5-3-4-6-9(8)14(10)2/h3-6H,1-2H3,(H2,11,12,13). The molecule has 14 heavy (non-hydrogen) atoms. The van der Waals surface area contributed by atoms with Crippen molar-refractivity contribution in [3.63, 3.8) is 0 Å². The number of aromatic nitrogens is 2. The summed E-state index contributed by atoms with van der Waals surface area (Å²) in [5.41, 5.74) is 7.51. The first-order valence-corrected chi connectivity index (χ1v) is 4.40. The number of para-hydroxylation sites is 2. The molecule has 1 aromatic heterocycles. The molecule has 2 aromatic rings. The number of aliphatic imine (C=N–C) groups is 1. The summed E-state index contributed by atoms with van der Waals surface area (Å²) < 4.78 is 1.92. The number of aryl methyl sites for hydroxylation is 1. The van der Waals surface area contributed by atoms with Gasteiger partial charge in [0, 0.05) is 7.05 Å². The van der Waals surface area contributed by atoms with Crippen LogP contribution in [-0.2, 0) is 7.05 Å². The summed E-state index contributed by atoms with van der Waals surface area (Å²) in [4.78, 5) is 8.49. The molecule has 0 unspecified atom stereocenters. The molecule has 4 heteroatoms. The van der Waals surface area contributed by atoms with E-state index >= 15 is 0 Å². The number of imidazole rings is 1. The number of nitrogens with two attached hydrogens (primary N) is 1. The Morgan fingerprint density at radius 3 is 2.79 bits per heavy atom. The Bertz CT molecular complexity index is 492. The number of hydrogen-bond acceptors (Lipinski definition) is 2. The lowest BCUT2D eigenvalue weighted by Gasteiger charge is -1.96. The average Bonchev–Trinajstić information content (AvgIpc) is 2.44. The maximum atomic E-state index is 5.51. The number of benzene rings is 1. The normalized spacial score (nSPS) is 12.3. The quantitative estimate of drug-likeness (QED) is 0.545. The van der Waals surface area contributed by atoms with Crippen LogP contribution in [0.3, 0.4) is 0 Å².